The van der Waals surface area contributed by atoms with Gasteiger partial charge in [0.2, 0.25) is 5.91 Å². The molecule has 1 unspecified atom stereocenters. The van der Waals surface area contributed by atoms with Crippen LogP contribution in [0.3, 0.4) is 0 Å². The Kier molecular flexibility index (Phi) is 3.74. The van der Waals surface area contributed by atoms with Crippen LogP contribution in [0.2, 0.25) is 5.02 Å². The molecular formula is C10H16ClN3O. The van der Waals surface area contributed by atoms with Crippen molar-refractivity contribution in [1.82, 2.24) is 15.1 Å². The summed E-state index contributed by atoms with van der Waals surface area (Å²) >= 11 is 5.87. The summed E-state index contributed by atoms with van der Waals surface area (Å²) in [6.07, 6.45) is 1.67. The Morgan fingerprint density at radius 1 is 1.53 bits per heavy atom. The summed E-state index contributed by atoms with van der Waals surface area (Å²) in [4.78, 5) is 11.7. The number of carbonyl (C=O) groups is 1. The molecule has 1 heterocycles. The molecule has 5 heteroatoms. The SMILES string of the molecule is Cc1nn(C(C)C(=O)NC(C)C)cc1Cl. The normalized spacial score (nSPS) is 12.9. The molecular weight excluding hydrogens is 214 g/mol. The van der Waals surface area contributed by atoms with Gasteiger partial charge in [0.05, 0.1) is 10.7 Å². The minimum absolute atomic E-state index is 0.0517. The number of hydrogen-bond acceptors (Lipinski definition) is 2. The molecule has 0 radical (unpaired) electrons. The van der Waals surface area contributed by atoms with Crippen molar-refractivity contribution in [2.45, 2.75) is 39.8 Å². The van der Waals surface area contributed by atoms with Crippen molar-refractivity contribution in [3.63, 3.8) is 0 Å². The van der Waals surface area contributed by atoms with E-state index in [9.17, 15) is 4.79 Å². The van der Waals surface area contributed by atoms with E-state index in [-0.39, 0.29) is 18.0 Å². The summed E-state index contributed by atoms with van der Waals surface area (Å²) in [5, 5.41) is 7.57. The molecule has 0 fully saturated rings. The highest BCUT2D eigenvalue weighted by atomic mass is 35.5. The van der Waals surface area contributed by atoms with Crippen LogP contribution in [0, 0.1) is 6.92 Å². The smallest absolute Gasteiger partial charge is 0.244 e. The molecule has 15 heavy (non-hydrogen) atoms. The highest BCUT2D eigenvalue weighted by molar-refractivity contribution is 6.31. The van der Waals surface area contributed by atoms with Gasteiger partial charge in [-0.25, -0.2) is 0 Å². The number of rotatable bonds is 3. The van der Waals surface area contributed by atoms with E-state index in [1.54, 1.807) is 17.8 Å². The van der Waals surface area contributed by atoms with E-state index in [4.69, 9.17) is 11.6 Å². The van der Waals surface area contributed by atoms with Crippen LogP contribution in [0.4, 0.5) is 0 Å². The largest absolute Gasteiger partial charge is 0.352 e. The van der Waals surface area contributed by atoms with E-state index in [2.05, 4.69) is 10.4 Å². The fourth-order valence-corrected chi connectivity index (χ4v) is 1.32. The molecule has 1 atom stereocenters. The zero-order valence-electron chi connectivity index (χ0n) is 9.41. The molecule has 1 amide bonds. The number of hydrogen-bond donors (Lipinski definition) is 1. The highest BCUT2D eigenvalue weighted by Crippen LogP contribution is 2.15. The summed E-state index contributed by atoms with van der Waals surface area (Å²) in [6, 6.07) is -0.203. The Morgan fingerprint density at radius 3 is 2.53 bits per heavy atom. The van der Waals surface area contributed by atoms with Crippen molar-refractivity contribution >= 4 is 17.5 Å². The first kappa shape index (κ1) is 12.0. The first-order chi connectivity index (χ1) is 6.91. The van der Waals surface area contributed by atoms with E-state index >= 15 is 0 Å². The van der Waals surface area contributed by atoms with E-state index in [1.165, 1.54) is 0 Å². The highest BCUT2D eigenvalue weighted by Gasteiger charge is 2.17. The Morgan fingerprint density at radius 2 is 2.13 bits per heavy atom. The third kappa shape index (κ3) is 2.96. The van der Waals surface area contributed by atoms with Crippen LogP contribution in [-0.4, -0.2) is 21.7 Å². The fourth-order valence-electron chi connectivity index (χ4n) is 1.18. The number of amides is 1. The maximum atomic E-state index is 11.7. The predicted octanol–water partition coefficient (Wildman–Crippen LogP) is 1.93. The van der Waals surface area contributed by atoms with Gasteiger partial charge >= 0.3 is 0 Å². The van der Waals surface area contributed by atoms with Gasteiger partial charge in [0, 0.05) is 12.2 Å². The maximum absolute atomic E-state index is 11.7. The van der Waals surface area contributed by atoms with Crippen LogP contribution >= 0.6 is 11.6 Å². The number of halogens is 1. The monoisotopic (exact) mass is 229 g/mol. The summed E-state index contributed by atoms with van der Waals surface area (Å²) in [5.41, 5.74) is 0.737. The summed E-state index contributed by atoms with van der Waals surface area (Å²) in [7, 11) is 0. The minimum atomic E-state index is -0.335. The fraction of sp³-hybridized carbons (Fsp3) is 0.600. The molecule has 84 valence electrons. The van der Waals surface area contributed by atoms with Crippen molar-refractivity contribution < 1.29 is 4.79 Å². The Hall–Kier alpha value is -1.03. The molecule has 4 nitrogen and oxygen atoms in total. The van der Waals surface area contributed by atoms with Crippen LogP contribution in [0.1, 0.15) is 32.5 Å². The molecule has 0 bridgehead atoms. The van der Waals surface area contributed by atoms with Crippen LogP contribution in [0.5, 0.6) is 0 Å². The number of nitrogens with zero attached hydrogens (tertiary/aromatic N) is 2. The van der Waals surface area contributed by atoms with Crippen LogP contribution in [0.25, 0.3) is 0 Å². The van der Waals surface area contributed by atoms with Gasteiger partial charge in [-0.3, -0.25) is 9.48 Å². The molecule has 0 saturated heterocycles. The third-order valence-electron chi connectivity index (χ3n) is 2.06. The first-order valence-corrected chi connectivity index (χ1v) is 5.31. The second-order valence-electron chi connectivity index (χ2n) is 3.88. The maximum Gasteiger partial charge on any atom is 0.244 e. The van der Waals surface area contributed by atoms with Gasteiger partial charge < -0.3 is 5.32 Å². The van der Waals surface area contributed by atoms with Crippen LogP contribution in [0.15, 0.2) is 6.20 Å². The molecule has 0 saturated carbocycles. The zero-order valence-corrected chi connectivity index (χ0v) is 10.2. The van der Waals surface area contributed by atoms with Gasteiger partial charge in [0.25, 0.3) is 0 Å². The van der Waals surface area contributed by atoms with Gasteiger partial charge in [-0.2, -0.15) is 5.10 Å². The Bertz CT molecular complexity index is 340. The lowest BCUT2D eigenvalue weighted by atomic mass is 10.3. The lowest BCUT2D eigenvalue weighted by molar-refractivity contribution is -0.124. The summed E-state index contributed by atoms with van der Waals surface area (Å²) in [6.45, 7) is 7.45. The molecule has 1 aromatic heterocycles. The van der Waals surface area contributed by atoms with Crippen molar-refractivity contribution in [2.75, 3.05) is 0 Å². The van der Waals surface area contributed by atoms with E-state index in [0.29, 0.717) is 5.02 Å². The molecule has 0 aliphatic heterocycles. The standard InChI is InChI=1S/C10H16ClN3O/c1-6(2)12-10(15)8(4)14-5-9(11)7(3)13-14/h5-6,8H,1-4H3,(H,12,15). The predicted molar refractivity (Wildman–Crippen MR) is 60.0 cm³/mol. The molecule has 1 rings (SSSR count). The lowest BCUT2D eigenvalue weighted by Crippen LogP contribution is -2.35. The van der Waals surface area contributed by atoms with Crippen molar-refractivity contribution in [2.24, 2.45) is 0 Å². The molecule has 0 aliphatic rings. The summed E-state index contributed by atoms with van der Waals surface area (Å²) < 4.78 is 1.58. The number of aryl methyl sites for hydroxylation is 1. The van der Waals surface area contributed by atoms with Gasteiger partial charge in [-0.1, -0.05) is 11.6 Å². The minimum Gasteiger partial charge on any atom is -0.352 e. The molecule has 0 spiro atoms. The van der Waals surface area contributed by atoms with E-state index in [0.717, 1.165) is 5.69 Å². The summed E-state index contributed by atoms with van der Waals surface area (Å²) in [5.74, 6) is -0.0517. The molecule has 1 N–H and O–H groups in total. The Balaban J connectivity index is 2.76. The second kappa shape index (κ2) is 4.66. The topological polar surface area (TPSA) is 46.9 Å². The number of aromatic nitrogens is 2. The van der Waals surface area contributed by atoms with Gasteiger partial charge in [-0.05, 0) is 27.7 Å². The van der Waals surface area contributed by atoms with Crippen molar-refractivity contribution in [1.29, 1.82) is 0 Å². The molecule has 1 aromatic rings. The molecule has 0 aliphatic carbocycles. The van der Waals surface area contributed by atoms with E-state index in [1.807, 2.05) is 20.8 Å². The lowest BCUT2D eigenvalue weighted by Gasteiger charge is -2.14. The van der Waals surface area contributed by atoms with Gasteiger partial charge in [0.15, 0.2) is 0 Å². The number of nitrogens with one attached hydrogen (secondary N) is 1. The Labute approximate surface area is 94.6 Å². The number of carbonyl (C=O) groups excluding carboxylic acids is 1. The van der Waals surface area contributed by atoms with Crippen LogP contribution in [-0.2, 0) is 4.79 Å². The first-order valence-electron chi connectivity index (χ1n) is 4.93. The average molecular weight is 230 g/mol. The molecule has 0 aromatic carbocycles. The van der Waals surface area contributed by atoms with Crippen molar-refractivity contribution in [3.8, 4) is 0 Å². The zero-order chi connectivity index (χ0) is 11.6. The quantitative estimate of drug-likeness (QED) is 0.861. The average Bonchev–Trinajstić information content (AvgIpc) is 2.44. The van der Waals surface area contributed by atoms with Crippen molar-refractivity contribution in [3.05, 3.63) is 16.9 Å². The van der Waals surface area contributed by atoms with E-state index < -0.39 is 0 Å². The third-order valence-corrected chi connectivity index (χ3v) is 2.43. The van der Waals surface area contributed by atoms with Crippen LogP contribution < -0.4 is 5.32 Å². The second-order valence-corrected chi connectivity index (χ2v) is 4.29. The van der Waals surface area contributed by atoms with Gasteiger partial charge in [-0.15, -0.1) is 0 Å². The van der Waals surface area contributed by atoms with Gasteiger partial charge in [0.1, 0.15) is 6.04 Å².